The third kappa shape index (κ3) is 3.72. The van der Waals surface area contributed by atoms with Crippen LogP contribution in [-0.4, -0.2) is 52.2 Å². The normalized spacial score (nSPS) is 18.8. The summed E-state index contributed by atoms with van der Waals surface area (Å²) in [6.45, 7) is 5.02. The number of hydrogen-bond acceptors (Lipinski definition) is 6. The molecular formula is C11H18N4O4. The summed E-state index contributed by atoms with van der Waals surface area (Å²) in [5.41, 5.74) is 0.0868. The van der Waals surface area contributed by atoms with E-state index in [0.717, 1.165) is 19.8 Å². The maximum absolute atomic E-state index is 10.5. The topological polar surface area (TPSA) is 102 Å². The largest absolute Gasteiger partial charge is 0.390 e. The maximum atomic E-state index is 10.5. The Kier molecular flexibility index (Phi) is 4.13. The van der Waals surface area contributed by atoms with Crippen molar-refractivity contribution in [1.82, 2.24) is 15.1 Å². The van der Waals surface area contributed by atoms with Crippen LogP contribution in [0.3, 0.4) is 0 Å². The molecule has 0 amide bonds. The van der Waals surface area contributed by atoms with Crippen molar-refractivity contribution in [2.45, 2.75) is 19.6 Å². The van der Waals surface area contributed by atoms with E-state index in [-0.39, 0.29) is 17.6 Å². The molecule has 1 fully saturated rings. The van der Waals surface area contributed by atoms with Gasteiger partial charge in [0.1, 0.15) is 12.4 Å². The molecule has 8 nitrogen and oxygen atoms in total. The van der Waals surface area contributed by atoms with Crippen molar-refractivity contribution in [1.29, 1.82) is 0 Å². The van der Waals surface area contributed by atoms with E-state index >= 15 is 0 Å². The Balaban J connectivity index is 1.71. The van der Waals surface area contributed by atoms with Gasteiger partial charge in [0, 0.05) is 18.5 Å². The molecule has 2 rings (SSSR count). The second-order valence-electron chi connectivity index (χ2n) is 5.27. The minimum absolute atomic E-state index is 0.0701. The van der Waals surface area contributed by atoms with Gasteiger partial charge in [0.15, 0.2) is 0 Å². The minimum Gasteiger partial charge on any atom is -0.390 e. The monoisotopic (exact) mass is 270 g/mol. The molecule has 0 radical (unpaired) electrons. The van der Waals surface area contributed by atoms with Crippen molar-refractivity contribution in [2.24, 2.45) is 5.41 Å². The van der Waals surface area contributed by atoms with Gasteiger partial charge in [0.25, 0.3) is 0 Å². The predicted octanol–water partition coefficient (Wildman–Crippen LogP) is -0.222. The summed E-state index contributed by atoms with van der Waals surface area (Å²) in [5, 5.41) is 27.3. The smallest absolute Gasteiger partial charge is 0.306 e. The lowest BCUT2D eigenvalue weighted by molar-refractivity contribution is -0.385. The number of aromatic nitrogens is 2. The van der Waals surface area contributed by atoms with Crippen LogP contribution in [0.15, 0.2) is 12.4 Å². The summed E-state index contributed by atoms with van der Waals surface area (Å²) in [4.78, 5) is 9.98. The first kappa shape index (κ1) is 13.9. The average Bonchev–Trinajstić information content (AvgIpc) is 2.75. The molecule has 106 valence electrons. The molecule has 0 bridgehead atoms. The molecule has 8 heteroatoms. The number of nitrogens with one attached hydrogen (secondary N) is 1. The SMILES string of the molecule is CC1(CNCC(O)Cn2cc([N+](=O)[O-])cn2)COC1. The molecule has 0 spiro atoms. The summed E-state index contributed by atoms with van der Waals surface area (Å²) in [6.07, 6.45) is 1.85. The first-order chi connectivity index (χ1) is 8.98. The molecule has 0 aliphatic carbocycles. The van der Waals surface area contributed by atoms with Gasteiger partial charge in [-0.1, -0.05) is 6.92 Å². The highest BCUT2D eigenvalue weighted by atomic mass is 16.6. The van der Waals surface area contributed by atoms with Gasteiger partial charge >= 0.3 is 5.69 Å². The van der Waals surface area contributed by atoms with Crippen molar-refractivity contribution in [3.05, 3.63) is 22.5 Å². The number of hydrogen-bond donors (Lipinski definition) is 2. The molecular weight excluding hydrogens is 252 g/mol. The molecule has 1 aromatic rings. The standard InChI is InChI=1S/C11H18N4O4/c1-11(7-19-8-11)6-12-3-10(16)5-14-4-9(2-13-14)15(17)18/h2,4,10,12,16H,3,5-8H2,1H3. The van der Waals surface area contributed by atoms with E-state index in [9.17, 15) is 15.2 Å². The lowest BCUT2D eigenvalue weighted by atomic mass is 9.89. The second kappa shape index (κ2) is 5.64. The lowest BCUT2D eigenvalue weighted by Crippen LogP contribution is -2.48. The molecule has 1 unspecified atom stereocenters. The highest BCUT2D eigenvalue weighted by molar-refractivity contribution is 5.20. The highest BCUT2D eigenvalue weighted by Crippen LogP contribution is 2.24. The van der Waals surface area contributed by atoms with E-state index < -0.39 is 11.0 Å². The molecule has 2 N–H and O–H groups in total. The molecule has 1 aromatic heterocycles. The first-order valence-electron chi connectivity index (χ1n) is 6.12. The second-order valence-corrected chi connectivity index (χ2v) is 5.27. The summed E-state index contributed by atoms with van der Waals surface area (Å²) in [7, 11) is 0. The Bertz CT molecular complexity index is 444. The quantitative estimate of drug-likeness (QED) is 0.524. The van der Waals surface area contributed by atoms with E-state index in [1.54, 1.807) is 0 Å². The number of aliphatic hydroxyl groups excluding tert-OH is 1. The Morgan fingerprint density at radius 2 is 2.47 bits per heavy atom. The summed E-state index contributed by atoms with van der Waals surface area (Å²) >= 11 is 0. The van der Waals surface area contributed by atoms with E-state index in [0.29, 0.717) is 6.54 Å². The fourth-order valence-electron chi connectivity index (χ4n) is 1.92. The first-order valence-corrected chi connectivity index (χ1v) is 6.12. The molecule has 19 heavy (non-hydrogen) atoms. The van der Waals surface area contributed by atoms with E-state index in [4.69, 9.17) is 4.74 Å². The van der Waals surface area contributed by atoms with E-state index in [1.165, 1.54) is 17.1 Å². The van der Waals surface area contributed by atoms with Crippen LogP contribution in [0.4, 0.5) is 5.69 Å². The molecule has 1 aliphatic rings. The van der Waals surface area contributed by atoms with E-state index in [1.807, 2.05) is 0 Å². The minimum atomic E-state index is -0.635. The number of aliphatic hydroxyl groups is 1. The van der Waals surface area contributed by atoms with Crippen LogP contribution in [0.2, 0.25) is 0 Å². The van der Waals surface area contributed by atoms with Gasteiger partial charge in [0.05, 0.1) is 30.8 Å². The van der Waals surface area contributed by atoms with Crippen LogP contribution in [-0.2, 0) is 11.3 Å². The maximum Gasteiger partial charge on any atom is 0.306 e. The number of ether oxygens (including phenoxy) is 1. The van der Waals surface area contributed by atoms with Gasteiger partial charge in [0.2, 0.25) is 0 Å². The Morgan fingerprint density at radius 1 is 1.74 bits per heavy atom. The van der Waals surface area contributed by atoms with Gasteiger partial charge in [-0.15, -0.1) is 0 Å². The van der Waals surface area contributed by atoms with Gasteiger partial charge in [-0.05, 0) is 0 Å². The lowest BCUT2D eigenvalue weighted by Gasteiger charge is -2.38. The molecule has 2 heterocycles. The third-order valence-corrected chi connectivity index (χ3v) is 3.06. The molecule has 1 saturated heterocycles. The Labute approximate surface area is 110 Å². The Hall–Kier alpha value is -1.51. The summed E-state index contributed by atoms with van der Waals surface area (Å²) in [5.74, 6) is 0. The number of nitrogens with zero attached hydrogens (tertiary/aromatic N) is 3. The highest BCUT2D eigenvalue weighted by Gasteiger charge is 2.32. The fourth-order valence-corrected chi connectivity index (χ4v) is 1.92. The average molecular weight is 270 g/mol. The molecule has 0 saturated carbocycles. The van der Waals surface area contributed by atoms with Gasteiger partial charge in [-0.3, -0.25) is 14.8 Å². The van der Waals surface area contributed by atoms with E-state index in [2.05, 4.69) is 17.3 Å². The zero-order chi connectivity index (χ0) is 13.9. The molecule has 1 aliphatic heterocycles. The zero-order valence-corrected chi connectivity index (χ0v) is 10.8. The Morgan fingerprint density at radius 3 is 3.00 bits per heavy atom. The predicted molar refractivity (Wildman–Crippen MR) is 66.7 cm³/mol. The van der Waals surface area contributed by atoms with Gasteiger partial charge in [-0.2, -0.15) is 5.10 Å². The molecule has 1 atom stereocenters. The van der Waals surface area contributed by atoms with Crippen molar-refractivity contribution in [3.63, 3.8) is 0 Å². The fraction of sp³-hybridized carbons (Fsp3) is 0.727. The van der Waals surface area contributed by atoms with Crippen LogP contribution in [0.1, 0.15) is 6.92 Å². The number of nitro groups is 1. The van der Waals surface area contributed by atoms with Crippen LogP contribution in [0.25, 0.3) is 0 Å². The summed E-state index contributed by atoms with van der Waals surface area (Å²) in [6, 6.07) is 0. The van der Waals surface area contributed by atoms with Crippen LogP contribution in [0, 0.1) is 15.5 Å². The van der Waals surface area contributed by atoms with Crippen molar-refractivity contribution in [2.75, 3.05) is 26.3 Å². The van der Waals surface area contributed by atoms with Crippen LogP contribution in [0.5, 0.6) is 0 Å². The van der Waals surface area contributed by atoms with Gasteiger partial charge < -0.3 is 15.2 Å². The number of rotatable bonds is 7. The zero-order valence-electron chi connectivity index (χ0n) is 10.8. The van der Waals surface area contributed by atoms with Crippen molar-refractivity contribution in [3.8, 4) is 0 Å². The summed E-state index contributed by atoms with van der Waals surface area (Å²) < 4.78 is 6.51. The van der Waals surface area contributed by atoms with Crippen LogP contribution < -0.4 is 5.32 Å². The van der Waals surface area contributed by atoms with Gasteiger partial charge in [-0.25, -0.2) is 0 Å². The molecule has 0 aromatic carbocycles. The third-order valence-electron chi connectivity index (χ3n) is 3.06. The van der Waals surface area contributed by atoms with Crippen molar-refractivity contribution < 1.29 is 14.8 Å². The van der Waals surface area contributed by atoms with Crippen LogP contribution >= 0.6 is 0 Å². The van der Waals surface area contributed by atoms with Crippen molar-refractivity contribution >= 4 is 5.69 Å².